The fourth-order valence-electron chi connectivity index (χ4n) is 1.90. The van der Waals surface area contributed by atoms with E-state index in [0.717, 1.165) is 16.5 Å². The number of benzene rings is 1. The van der Waals surface area contributed by atoms with Crippen molar-refractivity contribution in [1.82, 2.24) is 9.55 Å². The molecular formula is C15H16N2O4. The quantitative estimate of drug-likeness (QED) is 0.640. The summed E-state index contributed by atoms with van der Waals surface area (Å²) in [4.78, 5) is 37.3. The minimum absolute atomic E-state index is 0.0152. The van der Waals surface area contributed by atoms with Crippen molar-refractivity contribution in [2.45, 2.75) is 19.9 Å². The summed E-state index contributed by atoms with van der Waals surface area (Å²) in [5.41, 5.74) is -1.10. The van der Waals surface area contributed by atoms with Crippen molar-refractivity contribution in [1.29, 1.82) is 0 Å². The summed E-state index contributed by atoms with van der Waals surface area (Å²) in [6, 6.07) is 9.27. The summed E-state index contributed by atoms with van der Waals surface area (Å²) in [6.45, 7) is 1.86. The highest BCUT2D eigenvalue weighted by Gasteiger charge is 2.10. The van der Waals surface area contributed by atoms with Crippen molar-refractivity contribution < 1.29 is 9.53 Å². The van der Waals surface area contributed by atoms with Gasteiger partial charge in [0.25, 0.3) is 5.56 Å². The topological polar surface area (TPSA) is 81.2 Å². The van der Waals surface area contributed by atoms with Gasteiger partial charge in [-0.05, 0) is 25.5 Å². The molecular weight excluding hydrogens is 272 g/mol. The van der Waals surface area contributed by atoms with Crippen LogP contribution in [0.2, 0.25) is 0 Å². The molecule has 1 heterocycles. The van der Waals surface area contributed by atoms with Crippen LogP contribution in [0.25, 0.3) is 0 Å². The Kier molecular flexibility index (Phi) is 4.71. The lowest BCUT2D eigenvalue weighted by Gasteiger charge is -2.07. The number of ether oxygens (including phenoxy) is 1. The third-order valence-electron chi connectivity index (χ3n) is 2.98. The molecule has 6 nitrogen and oxygen atoms in total. The van der Waals surface area contributed by atoms with Gasteiger partial charge in [-0.1, -0.05) is 18.2 Å². The first kappa shape index (κ1) is 14.8. The molecule has 0 atom stereocenters. The smallest absolute Gasteiger partial charge is 0.328 e. The molecule has 6 heteroatoms. The lowest BCUT2D eigenvalue weighted by atomic mass is 10.2. The summed E-state index contributed by atoms with van der Waals surface area (Å²) in [7, 11) is 0. The molecule has 0 amide bonds. The molecule has 0 unspecified atom stereocenters. The lowest BCUT2D eigenvalue weighted by Crippen LogP contribution is -2.38. The summed E-state index contributed by atoms with van der Waals surface area (Å²) >= 11 is 0. The van der Waals surface area contributed by atoms with Crippen LogP contribution in [0.4, 0.5) is 0 Å². The number of hydrogen-bond donors (Lipinski definition) is 1. The molecule has 110 valence electrons. The molecule has 1 N–H and O–H groups in total. The normalized spacial score (nSPS) is 10.3. The highest BCUT2D eigenvalue weighted by molar-refractivity contribution is 5.93. The maximum absolute atomic E-state index is 12.0. The minimum atomic E-state index is -0.564. The number of carbonyl (C=O) groups is 1. The number of H-pyrrole nitrogens is 1. The molecule has 0 spiro atoms. The van der Waals surface area contributed by atoms with Crippen LogP contribution in [0.3, 0.4) is 0 Å². The highest BCUT2D eigenvalue weighted by atomic mass is 16.5. The molecule has 1 aromatic carbocycles. The van der Waals surface area contributed by atoms with Crippen molar-refractivity contribution in [3.8, 4) is 5.75 Å². The number of para-hydroxylation sites is 1. The van der Waals surface area contributed by atoms with Gasteiger partial charge in [0.1, 0.15) is 5.75 Å². The molecule has 2 aromatic rings. The number of nitrogens with one attached hydrogen (secondary N) is 1. The largest absolute Gasteiger partial charge is 0.494 e. The third-order valence-corrected chi connectivity index (χ3v) is 2.98. The molecule has 0 aliphatic carbocycles. The first-order valence-corrected chi connectivity index (χ1v) is 6.61. The van der Waals surface area contributed by atoms with Gasteiger partial charge < -0.3 is 9.72 Å². The van der Waals surface area contributed by atoms with Crippen LogP contribution < -0.4 is 16.0 Å². The average molecular weight is 288 g/mol. The van der Waals surface area contributed by atoms with Gasteiger partial charge in [0.2, 0.25) is 0 Å². The van der Waals surface area contributed by atoms with Gasteiger partial charge in [0, 0.05) is 12.7 Å². The zero-order valence-electron chi connectivity index (χ0n) is 11.7. The van der Waals surface area contributed by atoms with Crippen LogP contribution in [-0.2, 0) is 6.54 Å². The van der Waals surface area contributed by atoms with E-state index in [1.807, 2.05) is 30.3 Å². The maximum Gasteiger partial charge on any atom is 0.328 e. The van der Waals surface area contributed by atoms with E-state index in [2.05, 4.69) is 4.98 Å². The molecule has 2 rings (SSSR count). The minimum Gasteiger partial charge on any atom is -0.494 e. The van der Waals surface area contributed by atoms with Crippen molar-refractivity contribution in [2.24, 2.45) is 0 Å². The zero-order chi connectivity index (χ0) is 15.2. The van der Waals surface area contributed by atoms with Gasteiger partial charge in [0.05, 0.1) is 12.2 Å². The van der Waals surface area contributed by atoms with E-state index in [-0.39, 0.29) is 17.9 Å². The number of ketones is 1. The van der Waals surface area contributed by atoms with Crippen molar-refractivity contribution in [2.75, 3.05) is 6.61 Å². The van der Waals surface area contributed by atoms with Crippen molar-refractivity contribution in [3.63, 3.8) is 0 Å². The third kappa shape index (κ3) is 3.68. The number of rotatable bonds is 6. The molecule has 0 aliphatic rings. The van der Waals surface area contributed by atoms with Crippen molar-refractivity contribution in [3.05, 3.63) is 62.9 Å². The van der Waals surface area contributed by atoms with Gasteiger partial charge in [-0.3, -0.25) is 14.2 Å². The Bertz CT molecular complexity index is 731. The standard InChI is InChI=1S/C15H16N2O4/c1-11(18)13-10-16-15(20)17(14(13)19)8-5-9-21-12-6-3-2-4-7-12/h2-4,6-7,10H,5,8-9H2,1H3,(H,16,20). The highest BCUT2D eigenvalue weighted by Crippen LogP contribution is 2.08. The molecule has 0 fully saturated rings. The van der Waals surface area contributed by atoms with Gasteiger partial charge >= 0.3 is 5.69 Å². The van der Waals surface area contributed by atoms with Crippen LogP contribution in [0.5, 0.6) is 5.75 Å². The molecule has 0 saturated carbocycles. The Morgan fingerprint density at radius 1 is 1.24 bits per heavy atom. The molecule has 0 radical (unpaired) electrons. The number of hydrogen-bond acceptors (Lipinski definition) is 4. The molecule has 0 saturated heterocycles. The Morgan fingerprint density at radius 3 is 2.62 bits per heavy atom. The van der Waals surface area contributed by atoms with Gasteiger partial charge in [-0.2, -0.15) is 0 Å². The SMILES string of the molecule is CC(=O)c1c[nH]c(=O)n(CCCOc2ccccc2)c1=O. The second-order valence-electron chi connectivity index (χ2n) is 4.54. The predicted octanol–water partition coefficient (Wildman–Crippen LogP) is 1.21. The van der Waals surface area contributed by atoms with Crippen LogP contribution >= 0.6 is 0 Å². The predicted molar refractivity (Wildman–Crippen MR) is 77.9 cm³/mol. The number of nitrogens with zero attached hydrogens (tertiary/aromatic N) is 1. The van der Waals surface area contributed by atoms with E-state index >= 15 is 0 Å². The van der Waals surface area contributed by atoms with E-state index in [4.69, 9.17) is 4.74 Å². The van der Waals surface area contributed by atoms with Gasteiger partial charge in [-0.15, -0.1) is 0 Å². The summed E-state index contributed by atoms with van der Waals surface area (Å²) in [5, 5.41) is 0. The number of aromatic nitrogens is 2. The van der Waals surface area contributed by atoms with E-state index in [0.29, 0.717) is 13.0 Å². The number of Topliss-reactive ketones (excluding diaryl/α,β-unsaturated/α-hetero) is 1. The Morgan fingerprint density at radius 2 is 1.95 bits per heavy atom. The second-order valence-corrected chi connectivity index (χ2v) is 4.54. The van der Waals surface area contributed by atoms with Crippen molar-refractivity contribution >= 4 is 5.78 Å². The molecule has 1 aromatic heterocycles. The summed E-state index contributed by atoms with van der Waals surface area (Å²) in [6.07, 6.45) is 1.64. The Labute approximate surface area is 121 Å². The fraction of sp³-hybridized carbons (Fsp3) is 0.267. The zero-order valence-corrected chi connectivity index (χ0v) is 11.7. The summed E-state index contributed by atoms with van der Waals surface area (Å²) < 4.78 is 6.51. The van der Waals surface area contributed by atoms with Gasteiger partial charge in [-0.25, -0.2) is 4.79 Å². The maximum atomic E-state index is 12.0. The van der Waals surface area contributed by atoms with E-state index < -0.39 is 11.2 Å². The first-order valence-electron chi connectivity index (χ1n) is 6.61. The van der Waals surface area contributed by atoms with Crippen LogP contribution in [0.15, 0.2) is 46.1 Å². The van der Waals surface area contributed by atoms with Crippen LogP contribution in [0.1, 0.15) is 23.7 Å². The molecule has 21 heavy (non-hydrogen) atoms. The fourth-order valence-corrected chi connectivity index (χ4v) is 1.90. The lowest BCUT2D eigenvalue weighted by molar-refractivity contribution is 0.101. The van der Waals surface area contributed by atoms with Crippen LogP contribution in [-0.4, -0.2) is 21.9 Å². The molecule has 0 bridgehead atoms. The van der Waals surface area contributed by atoms with E-state index in [9.17, 15) is 14.4 Å². The number of aromatic amines is 1. The Balaban J connectivity index is 2.00. The monoisotopic (exact) mass is 288 g/mol. The second kappa shape index (κ2) is 6.69. The first-order chi connectivity index (χ1) is 10.1. The van der Waals surface area contributed by atoms with Gasteiger partial charge in [0.15, 0.2) is 5.78 Å². The average Bonchev–Trinajstić information content (AvgIpc) is 2.47. The molecule has 0 aliphatic heterocycles. The summed E-state index contributed by atoms with van der Waals surface area (Å²) in [5.74, 6) is 0.363. The van der Waals surface area contributed by atoms with Crippen LogP contribution in [0, 0.1) is 0 Å². The van der Waals surface area contributed by atoms with E-state index in [1.165, 1.54) is 6.92 Å². The van der Waals surface area contributed by atoms with E-state index in [1.54, 1.807) is 0 Å². The Hall–Kier alpha value is -2.63. The number of carbonyl (C=O) groups excluding carboxylic acids is 1.